The van der Waals surface area contributed by atoms with Gasteiger partial charge in [0.25, 0.3) is 0 Å². The fraction of sp³-hybridized carbons (Fsp3) is 1.00. The van der Waals surface area contributed by atoms with Crippen LogP contribution in [-0.2, 0) is 4.74 Å². The Morgan fingerprint density at radius 2 is 1.88 bits per heavy atom. The van der Waals surface area contributed by atoms with Crippen LogP contribution in [0.3, 0.4) is 0 Å². The largest absolute Gasteiger partial charge is 0.370 e. The molecule has 2 nitrogen and oxygen atoms in total. The monoisotopic (exact) mass is 225 g/mol. The molecule has 0 saturated heterocycles. The summed E-state index contributed by atoms with van der Waals surface area (Å²) in [5.41, 5.74) is 0.172. The Balaban J connectivity index is 1.88. The molecule has 0 atom stereocenters. The van der Waals surface area contributed by atoms with Gasteiger partial charge >= 0.3 is 0 Å². The first-order chi connectivity index (χ1) is 7.78. The van der Waals surface area contributed by atoms with Gasteiger partial charge in [0.2, 0.25) is 0 Å². The number of hydrogen-bond donors (Lipinski definition) is 1. The Hall–Kier alpha value is -0.0800. The molecule has 0 amide bonds. The van der Waals surface area contributed by atoms with Crippen molar-refractivity contribution < 1.29 is 4.74 Å². The van der Waals surface area contributed by atoms with Crippen molar-refractivity contribution in [2.75, 3.05) is 13.6 Å². The van der Waals surface area contributed by atoms with E-state index in [1.165, 1.54) is 51.4 Å². The average molecular weight is 225 g/mol. The molecule has 0 spiro atoms. The Morgan fingerprint density at radius 3 is 2.31 bits per heavy atom. The van der Waals surface area contributed by atoms with E-state index in [1.807, 2.05) is 0 Å². The van der Waals surface area contributed by atoms with Gasteiger partial charge in [-0.25, -0.2) is 0 Å². The number of rotatable bonds is 5. The van der Waals surface area contributed by atoms with Crippen LogP contribution >= 0.6 is 0 Å². The molecular formula is C14H27NO. The molecule has 0 aliphatic heterocycles. The van der Waals surface area contributed by atoms with Gasteiger partial charge in [0.05, 0.1) is 11.7 Å². The molecule has 0 unspecified atom stereocenters. The summed E-state index contributed by atoms with van der Waals surface area (Å²) in [6.45, 7) is 3.36. The van der Waals surface area contributed by atoms with E-state index < -0.39 is 0 Å². The van der Waals surface area contributed by atoms with Gasteiger partial charge in [-0.05, 0) is 57.9 Å². The van der Waals surface area contributed by atoms with E-state index in [-0.39, 0.29) is 5.60 Å². The summed E-state index contributed by atoms with van der Waals surface area (Å²) in [5.74, 6) is 0.954. The van der Waals surface area contributed by atoms with Crippen LogP contribution in [0, 0.1) is 5.92 Å². The lowest BCUT2D eigenvalue weighted by atomic mass is 9.77. The van der Waals surface area contributed by atoms with Gasteiger partial charge < -0.3 is 10.1 Å². The molecule has 2 aliphatic rings. The molecule has 0 aromatic rings. The van der Waals surface area contributed by atoms with Crippen molar-refractivity contribution >= 4 is 0 Å². The van der Waals surface area contributed by atoms with Gasteiger partial charge in [-0.2, -0.15) is 0 Å². The van der Waals surface area contributed by atoms with E-state index in [9.17, 15) is 0 Å². The maximum Gasteiger partial charge on any atom is 0.0810 e. The molecule has 0 aromatic carbocycles. The molecule has 2 saturated carbocycles. The van der Waals surface area contributed by atoms with E-state index in [0.717, 1.165) is 12.5 Å². The van der Waals surface area contributed by atoms with Crippen molar-refractivity contribution in [3.8, 4) is 0 Å². The van der Waals surface area contributed by atoms with E-state index in [0.29, 0.717) is 6.10 Å². The van der Waals surface area contributed by atoms with Crippen molar-refractivity contribution in [1.82, 2.24) is 5.32 Å². The van der Waals surface area contributed by atoms with Crippen LogP contribution in [-0.4, -0.2) is 25.3 Å². The van der Waals surface area contributed by atoms with Gasteiger partial charge in [0.1, 0.15) is 0 Å². The maximum atomic E-state index is 6.39. The third-order valence-electron chi connectivity index (χ3n) is 4.56. The highest BCUT2D eigenvalue weighted by atomic mass is 16.5. The Morgan fingerprint density at radius 1 is 1.19 bits per heavy atom. The van der Waals surface area contributed by atoms with E-state index in [1.54, 1.807) is 0 Å². The topological polar surface area (TPSA) is 21.3 Å². The molecule has 0 heterocycles. The van der Waals surface area contributed by atoms with Crippen LogP contribution in [0.5, 0.6) is 0 Å². The highest BCUT2D eigenvalue weighted by molar-refractivity contribution is 4.90. The van der Waals surface area contributed by atoms with Gasteiger partial charge in [-0.15, -0.1) is 0 Å². The highest BCUT2D eigenvalue weighted by Crippen LogP contribution is 2.39. The minimum absolute atomic E-state index is 0.172. The minimum atomic E-state index is 0.172. The molecule has 94 valence electrons. The van der Waals surface area contributed by atoms with Crippen LogP contribution in [0.4, 0.5) is 0 Å². The smallest absolute Gasteiger partial charge is 0.0810 e. The van der Waals surface area contributed by atoms with Crippen molar-refractivity contribution in [3.05, 3.63) is 0 Å². The van der Waals surface area contributed by atoms with Crippen molar-refractivity contribution in [2.45, 2.75) is 70.0 Å². The summed E-state index contributed by atoms with van der Waals surface area (Å²) >= 11 is 0. The highest BCUT2D eigenvalue weighted by Gasteiger charge is 2.38. The summed E-state index contributed by atoms with van der Waals surface area (Å²) < 4.78 is 6.39. The Labute approximate surface area is 100 Å². The molecule has 2 rings (SSSR count). The average Bonchev–Trinajstić information content (AvgIpc) is 2.26. The van der Waals surface area contributed by atoms with Crippen LogP contribution < -0.4 is 5.32 Å². The third kappa shape index (κ3) is 2.78. The number of ether oxygens (including phenoxy) is 1. The van der Waals surface area contributed by atoms with Crippen LogP contribution in [0.2, 0.25) is 0 Å². The second-order valence-corrected chi connectivity index (χ2v) is 5.74. The number of likely N-dealkylation sites (N-methyl/N-ethyl adjacent to an activating group) is 1. The lowest BCUT2D eigenvalue weighted by Gasteiger charge is -2.44. The molecule has 1 N–H and O–H groups in total. The second-order valence-electron chi connectivity index (χ2n) is 5.74. The molecule has 0 radical (unpaired) electrons. The SMILES string of the molecule is CCC1CCC(CNC)(OC2CCC2)CC1. The predicted molar refractivity (Wildman–Crippen MR) is 67.6 cm³/mol. The lowest BCUT2D eigenvalue weighted by molar-refractivity contribution is -0.140. The zero-order valence-electron chi connectivity index (χ0n) is 10.9. The Kier molecular flexibility index (Phi) is 4.26. The third-order valence-corrected chi connectivity index (χ3v) is 4.56. The number of hydrogen-bond acceptors (Lipinski definition) is 2. The molecule has 0 aromatic heterocycles. The van der Waals surface area contributed by atoms with E-state index >= 15 is 0 Å². The van der Waals surface area contributed by atoms with Crippen LogP contribution in [0.1, 0.15) is 58.3 Å². The molecular weight excluding hydrogens is 198 g/mol. The lowest BCUT2D eigenvalue weighted by Crippen LogP contribution is -2.48. The van der Waals surface area contributed by atoms with Gasteiger partial charge in [-0.1, -0.05) is 13.3 Å². The molecule has 2 fully saturated rings. The zero-order valence-corrected chi connectivity index (χ0v) is 10.9. The number of nitrogens with one attached hydrogen (secondary N) is 1. The van der Waals surface area contributed by atoms with E-state index in [4.69, 9.17) is 4.74 Å². The maximum absolute atomic E-state index is 6.39. The summed E-state index contributed by atoms with van der Waals surface area (Å²) in [6, 6.07) is 0. The first-order valence-electron chi connectivity index (χ1n) is 7.10. The summed E-state index contributed by atoms with van der Waals surface area (Å²) in [6.07, 6.45) is 11.1. The normalized spacial score (nSPS) is 36.0. The predicted octanol–water partition coefficient (Wildman–Crippen LogP) is 3.11. The molecule has 16 heavy (non-hydrogen) atoms. The van der Waals surface area contributed by atoms with Gasteiger partial charge in [0.15, 0.2) is 0 Å². The fourth-order valence-corrected chi connectivity index (χ4v) is 3.11. The quantitative estimate of drug-likeness (QED) is 0.776. The Bertz CT molecular complexity index is 205. The minimum Gasteiger partial charge on any atom is -0.370 e. The summed E-state index contributed by atoms with van der Waals surface area (Å²) in [4.78, 5) is 0. The van der Waals surface area contributed by atoms with E-state index in [2.05, 4.69) is 19.3 Å². The summed E-state index contributed by atoms with van der Waals surface area (Å²) in [5, 5.41) is 3.34. The van der Waals surface area contributed by atoms with Gasteiger partial charge in [-0.3, -0.25) is 0 Å². The van der Waals surface area contributed by atoms with Crippen molar-refractivity contribution in [3.63, 3.8) is 0 Å². The summed E-state index contributed by atoms with van der Waals surface area (Å²) in [7, 11) is 2.05. The molecule has 0 bridgehead atoms. The van der Waals surface area contributed by atoms with Gasteiger partial charge in [0, 0.05) is 6.54 Å². The van der Waals surface area contributed by atoms with Crippen molar-refractivity contribution in [1.29, 1.82) is 0 Å². The first kappa shape index (κ1) is 12.4. The standard InChI is InChI=1S/C14H27NO/c1-3-12-7-9-14(10-8-12,11-15-2)16-13-5-4-6-13/h12-13,15H,3-11H2,1-2H3. The second kappa shape index (κ2) is 5.50. The first-order valence-corrected chi connectivity index (χ1v) is 7.10. The van der Waals surface area contributed by atoms with Crippen molar-refractivity contribution in [2.24, 2.45) is 5.92 Å². The van der Waals surface area contributed by atoms with Crippen LogP contribution in [0.25, 0.3) is 0 Å². The fourth-order valence-electron chi connectivity index (χ4n) is 3.11. The van der Waals surface area contributed by atoms with Crippen LogP contribution in [0.15, 0.2) is 0 Å². The molecule has 2 heteroatoms. The molecule has 2 aliphatic carbocycles. The zero-order chi connectivity index (χ0) is 11.4.